The van der Waals surface area contributed by atoms with Gasteiger partial charge in [-0.05, 0) is 12.0 Å². The summed E-state index contributed by atoms with van der Waals surface area (Å²) in [5.74, 6) is -0.263. The van der Waals surface area contributed by atoms with Gasteiger partial charge in [0.1, 0.15) is 6.04 Å². The average Bonchev–Trinajstić information content (AvgIpc) is 2.59. The Morgan fingerprint density at radius 2 is 1.91 bits per heavy atom. The van der Waals surface area contributed by atoms with Crippen molar-refractivity contribution in [3.05, 3.63) is 35.9 Å². The van der Waals surface area contributed by atoms with Crippen LogP contribution in [0.4, 0.5) is 0 Å². The summed E-state index contributed by atoms with van der Waals surface area (Å²) in [4.78, 5) is 14.4. The second-order valence-corrected chi connectivity index (χ2v) is 6.83. The van der Waals surface area contributed by atoms with E-state index >= 15 is 0 Å². The second kappa shape index (κ2) is 8.39. The van der Waals surface area contributed by atoms with Crippen LogP contribution in [-0.4, -0.2) is 52.1 Å². The van der Waals surface area contributed by atoms with Gasteiger partial charge in [0, 0.05) is 19.6 Å². The summed E-state index contributed by atoms with van der Waals surface area (Å²) in [6.45, 7) is 4.05. The molecule has 1 aromatic carbocycles. The summed E-state index contributed by atoms with van der Waals surface area (Å²) in [5, 5.41) is 0. The van der Waals surface area contributed by atoms with Crippen LogP contribution in [0.3, 0.4) is 0 Å². The minimum atomic E-state index is -3.75. The first kappa shape index (κ1) is 17.9. The minimum absolute atomic E-state index is 0.263. The molecular formula is C15H23N3O4S. The van der Waals surface area contributed by atoms with Crippen molar-refractivity contribution in [3.63, 3.8) is 0 Å². The van der Waals surface area contributed by atoms with Crippen molar-refractivity contribution in [3.8, 4) is 0 Å². The molecular weight excluding hydrogens is 318 g/mol. The first-order chi connectivity index (χ1) is 11.0. The van der Waals surface area contributed by atoms with Crippen LogP contribution in [0.25, 0.3) is 0 Å². The van der Waals surface area contributed by atoms with E-state index in [0.717, 1.165) is 0 Å². The zero-order valence-corrected chi connectivity index (χ0v) is 14.0. The predicted molar refractivity (Wildman–Crippen MR) is 86.9 cm³/mol. The highest BCUT2D eigenvalue weighted by molar-refractivity contribution is 7.87. The van der Waals surface area contributed by atoms with Crippen molar-refractivity contribution >= 4 is 16.1 Å². The highest BCUT2D eigenvalue weighted by Crippen LogP contribution is 2.17. The van der Waals surface area contributed by atoms with Crippen LogP contribution in [0.1, 0.15) is 24.9 Å². The van der Waals surface area contributed by atoms with Crippen molar-refractivity contribution in [1.82, 2.24) is 14.3 Å². The van der Waals surface area contributed by atoms with Gasteiger partial charge in [0.05, 0.1) is 13.2 Å². The van der Waals surface area contributed by atoms with E-state index in [2.05, 4.69) is 9.44 Å². The smallest absolute Gasteiger partial charge is 0.277 e. The fourth-order valence-corrected chi connectivity index (χ4v) is 3.41. The highest BCUT2D eigenvalue weighted by Gasteiger charge is 2.30. The third-order valence-electron chi connectivity index (χ3n) is 3.52. The molecule has 1 aliphatic heterocycles. The van der Waals surface area contributed by atoms with Gasteiger partial charge in [-0.15, -0.1) is 0 Å². The van der Waals surface area contributed by atoms with E-state index in [-0.39, 0.29) is 5.91 Å². The van der Waals surface area contributed by atoms with Crippen LogP contribution in [0, 0.1) is 0 Å². The largest absolute Gasteiger partial charge is 0.378 e. The Morgan fingerprint density at radius 1 is 1.26 bits per heavy atom. The summed E-state index contributed by atoms with van der Waals surface area (Å²) in [5.41, 5.74) is 0.617. The number of ether oxygens (including phenoxy) is 1. The number of nitrogens with zero attached hydrogens (tertiary/aromatic N) is 1. The number of carbonyl (C=O) groups excluding carboxylic acids is 1. The van der Waals surface area contributed by atoms with Crippen molar-refractivity contribution in [2.24, 2.45) is 0 Å². The standard InChI is InChI=1S/C15H23N3O4S/c1-2-8-16-23(20,21)17-14(13-6-4-3-5-7-13)15(19)18-9-11-22-12-10-18/h3-7,14,16-17H,2,8-12H2,1H3. The lowest BCUT2D eigenvalue weighted by Crippen LogP contribution is -2.49. The molecule has 1 aliphatic rings. The van der Waals surface area contributed by atoms with Gasteiger partial charge >= 0.3 is 0 Å². The lowest BCUT2D eigenvalue weighted by Gasteiger charge is -2.30. The van der Waals surface area contributed by atoms with Gasteiger partial charge in [0.25, 0.3) is 10.2 Å². The maximum Gasteiger partial charge on any atom is 0.277 e. The lowest BCUT2D eigenvalue weighted by molar-refractivity contribution is -0.137. The van der Waals surface area contributed by atoms with Crippen molar-refractivity contribution in [1.29, 1.82) is 0 Å². The fraction of sp³-hybridized carbons (Fsp3) is 0.533. The molecule has 7 nitrogen and oxygen atoms in total. The van der Waals surface area contributed by atoms with Crippen molar-refractivity contribution in [2.45, 2.75) is 19.4 Å². The van der Waals surface area contributed by atoms with Gasteiger partial charge in [0.2, 0.25) is 5.91 Å². The molecule has 1 fully saturated rings. The molecule has 1 heterocycles. The molecule has 128 valence electrons. The number of hydrogen-bond donors (Lipinski definition) is 2. The van der Waals surface area contributed by atoms with E-state index in [4.69, 9.17) is 4.74 Å². The summed E-state index contributed by atoms with van der Waals surface area (Å²) in [6.07, 6.45) is 0.675. The Bertz CT molecular complexity index is 600. The quantitative estimate of drug-likeness (QED) is 0.752. The van der Waals surface area contributed by atoms with Crippen LogP contribution in [0.5, 0.6) is 0 Å². The van der Waals surface area contributed by atoms with E-state index in [1.165, 1.54) is 0 Å². The number of morpholine rings is 1. The average molecular weight is 341 g/mol. The predicted octanol–water partition coefficient (Wildman–Crippen LogP) is 0.421. The molecule has 8 heteroatoms. The Labute approximate surface area is 137 Å². The Balaban J connectivity index is 2.20. The van der Waals surface area contributed by atoms with Gasteiger partial charge in [0.15, 0.2) is 0 Å². The number of hydrogen-bond acceptors (Lipinski definition) is 4. The third kappa shape index (κ3) is 5.28. The molecule has 0 saturated carbocycles. The van der Waals surface area contributed by atoms with E-state index in [0.29, 0.717) is 44.8 Å². The van der Waals surface area contributed by atoms with Crippen LogP contribution in [0.2, 0.25) is 0 Å². The zero-order valence-electron chi connectivity index (χ0n) is 13.2. The number of rotatable bonds is 7. The Hall–Kier alpha value is -1.48. The molecule has 1 atom stereocenters. The first-order valence-corrected chi connectivity index (χ1v) is 9.20. The van der Waals surface area contributed by atoms with Gasteiger partial charge in [-0.1, -0.05) is 37.3 Å². The molecule has 0 aliphatic carbocycles. The third-order valence-corrected chi connectivity index (χ3v) is 4.65. The molecule has 0 bridgehead atoms. The molecule has 0 aromatic heterocycles. The fourth-order valence-electron chi connectivity index (χ4n) is 2.31. The molecule has 0 spiro atoms. The Morgan fingerprint density at radius 3 is 2.52 bits per heavy atom. The maximum absolute atomic E-state index is 12.8. The number of nitrogens with one attached hydrogen (secondary N) is 2. The van der Waals surface area contributed by atoms with Gasteiger partial charge in [-0.25, -0.2) is 4.72 Å². The monoisotopic (exact) mass is 341 g/mol. The van der Waals surface area contributed by atoms with Crippen LogP contribution in [-0.2, 0) is 19.7 Å². The summed E-state index contributed by atoms with van der Waals surface area (Å²) in [6, 6.07) is 7.93. The summed E-state index contributed by atoms with van der Waals surface area (Å²) >= 11 is 0. The van der Waals surface area contributed by atoms with Gasteiger partial charge in [-0.2, -0.15) is 13.1 Å². The maximum atomic E-state index is 12.8. The number of benzene rings is 1. The van der Waals surface area contributed by atoms with E-state index in [1.807, 2.05) is 13.0 Å². The molecule has 2 rings (SSSR count). The number of amides is 1. The SMILES string of the molecule is CCCNS(=O)(=O)NC(C(=O)N1CCOCC1)c1ccccc1. The zero-order chi connectivity index (χ0) is 16.7. The van der Waals surface area contributed by atoms with E-state index in [9.17, 15) is 13.2 Å². The molecule has 23 heavy (non-hydrogen) atoms. The normalized spacial score (nSPS) is 17.0. The molecule has 2 N–H and O–H groups in total. The second-order valence-electron chi connectivity index (χ2n) is 5.30. The van der Waals surface area contributed by atoms with Crippen LogP contribution >= 0.6 is 0 Å². The summed E-state index contributed by atoms with van der Waals surface area (Å²) in [7, 11) is -3.75. The van der Waals surface area contributed by atoms with E-state index in [1.54, 1.807) is 29.2 Å². The van der Waals surface area contributed by atoms with E-state index < -0.39 is 16.3 Å². The first-order valence-electron chi connectivity index (χ1n) is 7.72. The highest BCUT2D eigenvalue weighted by atomic mass is 32.2. The molecule has 1 amide bonds. The van der Waals surface area contributed by atoms with Gasteiger partial charge < -0.3 is 9.64 Å². The minimum Gasteiger partial charge on any atom is -0.378 e. The van der Waals surface area contributed by atoms with Crippen molar-refractivity contribution < 1.29 is 17.9 Å². The van der Waals surface area contributed by atoms with Crippen LogP contribution in [0.15, 0.2) is 30.3 Å². The molecule has 1 unspecified atom stereocenters. The Kier molecular flexibility index (Phi) is 6.52. The van der Waals surface area contributed by atoms with Gasteiger partial charge in [-0.3, -0.25) is 4.79 Å². The summed E-state index contributed by atoms with van der Waals surface area (Å²) < 4.78 is 34.4. The lowest BCUT2D eigenvalue weighted by atomic mass is 10.1. The van der Waals surface area contributed by atoms with Crippen molar-refractivity contribution in [2.75, 3.05) is 32.8 Å². The molecule has 1 saturated heterocycles. The molecule has 0 radical (unpaired) electrons. The topological polar surface area (TPSA) is 87.7 Å². The molecule has 1 aromatic rings. The van der Waals surface area contributed by atoms with Crippen LogP contribution < -0.4 is 9.44 Å². The number of carbonyl (C=O) groups is 1.